The quantitative estimate of drug-likeness (QED) is 0.562. The molecule has 0 radical (unpaired) electrons. The summed E-state index contributed by atoms with van der Waals surface area (Å²) in [5, 5.41) is 7.62. The molecule has 0 aliphatic heterocycles. The van der Waals surface area contributed by atoms with Crippen LogP contribution in [0.2, 0.25) is 0 Å². The topological polar surface area (TPSA) is 99.5 Å². The maximum Gasteiger partial charge on any atom is 0.264 e. The van der Waals surface area contributed by atoms with Crippen molar-refractivity contribution in [1.29, 1.82) is 0 Å². The number of carbonyl (C=O) groups is 1. The van der Waals surface area contributed by atoms with Gasteiger partial charge in [-0.05, 0) is 61.3 Å². The van der Waals surface area contributed by atoms with Crippen LogP contribution < -0.4 is 10.1 Å². The van der Waals surface area contributed by atoms with Crippen molar-refractivity contribution in [3.63, 3.8) is 0 Å². The molecule has 1 amide bonds. The van der Waals surface area contributed by atoms with Crippen LogP contribution in [-0.2, 0) is 27.5 Å². The number of amides is 1. The van der Waals surface area contributed by atoms with Crippen LogP contribution in [0, 0.1) is 23.7 Å². The Kier molecular flexibility index (Phi) is 6.18. The summed E-state index contributed by atoms with van der Waals surface area (Å²) in [4.78, 5) is 13.3. The van der Waals surface area contributed by atoms with Gasteiger partial charge in [-0.1, -0.05) is 30.3 Å². The monoisotopic (exact) mass is 473 g/mol. The minimum Gasteiger partial charge on any atom is -0.472 e. The molecule has 9 heteroatoms. The fourth-order valence-electron chi connectivity index (χ4n) is 6.23. The molecule has 4 bridgehead atoms. The highest BCUT2D eigenvalue weighted by Gasteiger charge is 2.48. The van der Waals surface area contributed by atoms with Crippen molar-refractivity contribution < 1.29 is 22.1 Å². The number of nitrogens with zero attached hydrogens (tertiary/aromatic N) is 2. The van der Waals surface area contributed by atoms with Gasteiger partial charge in [-0.3, -0.25) is 8.98 Å². The molecule has 4 aliphatic rings. The Bertz CT molecular complexity index is 1070. The molecular formula is C24H31N3O5S. The molecule has 1 aromatic carbocycles. The Morgan fingerprint density at radius 2 is 1.76 bits per heavy atom. The molecule has 2 aromatic rings. The zero-order valence-corrected chi connectivity index (χ0v) is 19.7. The van der Waals surface area contributed by atoms with Crippen molar-refractivity contribution in [3.05, 3.63) is 47.7 Å². The normalized spacial score (nSPS) is 28.1. The fraction of sp³-hybridized carbons (Fsp3) is 0.583. The minimum atomic E-state index is -3.56. The third-order valence-corrected chi connectivity index (χ3v) is 7.97. The highest BCUT2D eigenvalue weighted by Crippen LogP contribution is 2.53. The fourth-order valence-corrected chi connectivity index (χ4v) is 6.61. The summed E-state index contributed by atoms with van der Waals surface area (Å²) in [6.07, 6.45) is 8.76. The van der Waals surface area contributed by atoms with E-state index in [0.29, 0.717) is 23.3 Å². The first-order chi connectivity index (χ1) is 15.9. The van der Waals surface area contributed by atoms with Crippen molar-refractivity contribution >= 4 is 16.0 Å². The average Bonchev–Trinajstić information content (AvgIpc) is 3.17. The molecule has 4 aliphatic carbocycles. The van der Waals surface area contributed by atoms with Crippen LogP contribution in [0.15, 0.2) is 36.5 Å². The first-order valence-corrected chi connectivity index (χ1v) is 13.5. The Balaban J connectivity index is 1.32. The number of aromatic nitrogens is 2. The predicted octanol–water partition coefficient (Wildman–Crippen LogP) is 2.99. The van der Waals surface area contributed by atoms with Crippen LogP contribution in [0.1, 0.15) is 48.0 Å². The van der Waals surface area contributed by atoms with E-state index in [0.717, 1.165) is 23.7 Å². The predicted molar refractivity (Wildman–Crippen MR) is 122 cm³/mol. The van der Waals surface area contributed by atoms with Gasteiger partial charge in [0.25, 0.3) is 16.0 Å². The van der Waals surface area contributed by atoms with Crippen molar-refractivity contribution in [3.8, 4) is 5.88 Å². The van der Waals surface area contributed by atoms with Crippen molar-refractivity contribution in [2.24, 2.45) is 23.7 Å². The van der Waals surface area contributed by atoms with E-state index in [9.17, 15) is 13.2 Å². The Labute approximate surface area is 194 Å². The molecule has 1 heterocycles. The molecule has 0 saturated heterocycles. The Morgan fingerprint density at radius 3 is 2.39 bits per heavy atom. The molecule has 1 N–H and O–H groups in total. The van der Waals surface area contributed by atoms with Crippen LogP contribution in [0.25, 0.3) is 0 Å². The zero-order chi connectivity index (χ0) is 23.0. The van der Waals surface area contributed by atoms with Crippen LogP contribution >= 0.6 is 0 Å². The summed E-state index contributed by atoms with van der Waals surface area (Å²) in [7, 11) is -3.56. The molecule has 4 saturated carbocycles. The third kappa shape index (κ3) is 5.09. The highest BCUT2D eigenvalue weighted by molar-refractivity contribution is 7.85. The molecule has 0 atom stereocenters. The lowest BCUT2D eigenvalue weighted by molar-refractivity contribution is -0.0120. The maximum absolute atomic E-state index is 13.3. The summed E-state index contributed by atoms with van der Waals surface area (Å²) in [5.74, 6) is 2.96. The second-order valence-corrected chi connectivity index (χ2v) is 11.5. The molecule has 6 rings (SSSR count). The summed E-state index contributed by atoms with van der Waals surface area (Å²) in [6, 6.07) is 9.89. The van der Waals surface area contributed by atoms with Crippen molar-refractivity contribution in [2.45, 2.75) is 51.3 Å². The van der Waals surface area contributed by atoms with Crippen LogP contribution in [0.5, 0.6) is 5.88 Å². The van der Waals surface area contributed by atoms with E-state index < -0.39 is 10.1 Å². The van der Waals surface area contributed by atoms with Gasteiger partial charge in [-0.15, -0.1) is 0 Å². The number of hydrogen-bond acceptors (Lipinski definition) is 6. The number of nitrogens with one attached hydrogen (secondary N) is 1. The van der Waals surface area contributed by atoms with Crippen molar-refractivity contribution in [2.75, 3.05) is 12.9 Å². The van der Waals surface area contributed by atoms with E-state index in [1.54, 1.807) is 0 Å². The van der Waals surface area contributed by atoms with Gasteiger partial charge >= 0.3 is 0 Å². The van der Waals surface area contributed by atoms with Gasteiger partial charge in [0.15, 0.2) is 0 Å². The standard InChI is InChI=1S/C24H31N3O5S/c1-33(29,30)32-8-7-27-24(31-15-16-5-3-2-4-6-16)21(14-25-27)23(28)26-22-19-10-17-9-18(12-19)13-20(22)11-17/h2-6,14,17-20,22H,7-13,15H2,1H3,(H,26,28). The van der Waals surface area contributed by atoms with Gasteiger partial charge in [0, 0.05) is 6.04 Å². The lowest BCUT2D eigenvalue weighted by atomic mass is 9.54. The largest absolute Gasteiger partial charge is 0.472 e. The number of hydrogen-bond donors (Lipinski definition) is 1. The second kappa shape index (κ2) is 9.10. The molecule has 0 spiro atoms. The summed E-state index contributed by atoms with van der Waals surface area (Å²) < 4.78 is 35.1. The van der Waals surface area contributed by atoms with Crippen molar-refractivity contribution in [1.82, 2.24) is 15.1 Å². The zero-order valence-electron chi connectivity index (χ0n) is 18.9. The van der Waals surface area contributed by atoms with Crippen LogP contribution in [-0.4, -0.2) is 43.0 Å². The number of ether oxygens (including phenoxy) is 1. The number of carbonyl (C=O) groups excluding carboxylic acids is 1. The van der Waals surface area contributed by atoms with Crippen LogP contribution in [0.4, 0.5) is 0 Å². The third-order valence-electron chi connectivity index (χ3n) is 7.38. The summed E-state index contributed by atoms with van der Waals surface area (Å²) in [5.41, 5.74) is 1.34. The van der Waals surface area contributed by atoms with Gasteiger partial charge in [0.2, 0.25) is 5.88 Å². The average molecular weight is 474 g/mol. The summed E-state index contributed by atoms with van der Waals surface area (Å²) in [6.45, 7) is 0.346. The van der Waals surface area contributed by atoms with E-state index in [2.05, 4.69) is 10.4 Å². The SMILES string of the molecule is CS(=O)(=O)OCCn1ncc(C(=O)NC2C3CC4CC(C3)CC2C4)c1OCc1ccccc1. The van der Waals surface area contributed by atoms with Gasteiger partial charge < -0.3 is 10.1 Å². The molecule has 0 unspecified atom stereocenters. The molecule has 1 aromatic heterocycles. The highest BCUT2D eigenvalue weighted by atomic mass is 32.2. The van der Waals surface area contributed by atoms with E-state index in [4.69, 9.17) is 8.92 Å². The van der Waals surface area contributed by atoms with E-state index in [-0.39, 0.29) is 31.7 Å². The lowest BCUT2D eigenvalue weighted by Gasteiger charge is -2.54. The number of benzene rings is 1. The van der Waals surface area contributed by atoms with Gasteiger partial charge in [0.05, 0.1) is 25.6 Å². The molecule has 8 nitrogen and oxygen atoms in total. The van der Waals surface area contributed by atoms with Gasteiger partial charge in [-0.25, -0.2) is 4.68 Å². The lowest BCUT2D eigenvalue weighted by Crippen LogP contribution is -2.55. The maximum atomic E-state index is 13.3. The first-order valence-electron chi connectivity index (χ1n) is 11.7. The number of rotatable bonds is 9. The van der Waals surface area contributed by atoms with E-state index in [1.165, 1.54) is 43.0 Å². The van der Waals surface area contributed by atoms with Gasteiger partial charge in [0.1, 0.15) is 12.2 Å². The molecular weight excluding hydrogens is 442 g/mol. The summed E-state index contributed by atoms with van der Waals surface area (Å²) >= 11 is 0. The molecule has 33 heavy (non-hydrogen) atoms. The van der Waals surface area contributed by atoms with E-state index in [1.807, 2.05) is 30.3 Å². The Hall–Kier alpha value is -2.39. The smallest absolute Gasteiger partial charge is 0.264 e. The van der Waals surface area contributed by atoms with E-state index >= 15 is 0 Å². The second-order valence-electron chi connectivity index (χ2n) is 9.82. The molecule has 178 valence electrons. The van der Waals surface area contributed by atoms with Gasteiger partial charge in [-0.2, -0.15) is 13.5 Å². The minimum absolute atomic E-state index is 0.0845. The molecule has 4 fully saturated rings. The first kappa shape index (κ1) is 22.4. The van der Waals surface area contributed by atoms with Crippen LogP contribution in [0.3, 0.4) is 0 Å². The Morgan fingerprint density at radius 1 is 1.09 bits per heavy atom.